The van der Waals surface area contributed by atoms with Gasteiger partial charge in [0.2, 0.25) is 15.9 Å². The summed E-state index contributed by atoms with van der Waals surface area (Å²) in [6.45, 7) is 4.74. The van der Waals surface area contributed by atoms with E-state index in [4.69, 9.17) is 37.4 Å². The summed E-state index contributed by atoms with van der Waals surface area (Å²) in [5, 5.41) is -0.0605. The number of likely N-dealkylation sites (N-methyl/N-ethyl adjacent to an activating group) is 3. The lowest BCUT2D eigenvalue weighted by molar-refractivity contribution is -0.138. The van der Waals surface area contributed by atoms with Crippen molar-refractivity contribution in [1.29, 1.82) is 0 Å². The first-order chi connectivity index (χ1) is 17.0. The normalized spacial score (nSPS) is 18.6. The average molecular weight is 569 g/mol. The number of rotatable bonds is 14. The fourth-order valence-electron chi connectivity index (χ4n) is 3.97. The van der Waals surface area contributed by atoms with E-state index in [1.807, 2.05) is 0 Å². The summed E-state index contributed by atoms with van der Waals surface area (Å²) in [4.78, 5) is 16.4. The molecular formula is C24H39Cl2N3O6S. The standard InChI is InChI=1S/C24H39Cl2N3O6S/c1-6-27(2)11-14-35-19-9-7-18(8-10-19)29(4)23(30)17-34-13-12-28(3)36(31,32)24-21(25)15-20(33-5)16-22(24)26/h15-16,18-19H,6-14,17H2,1-5H3/t18-,19+. The molecule has 1 amide bonds. The molecule has 0 atom stereocenters. The Bertz CT molecular complexity index is 934. The van der Waals surface area contributed by atoms with Crippen LogP contribution in [0.25, 0.3) is 0 Å². The van der Waals surface area contributed by atoms with Crippen LogP contribution in [0, 0.1) is 0 Å². The van der Waals surface area contributed by atoms with Crippen molar-refractivity contribution < 1.29 is 27.4 Å². The fourth-order valence-corrected chi connectivity index (χ4v) is 6.26. The van der Waals surface area contributed by atoms with Crippen LogP contribution in [0.3, 0.4) is 0 Å². The average Bonchev–Trinajstić information content (AvgIpc) is 2.85. The van der Waals surface area contributed by atoms with Crippen molar-refractivity contribution in [3.63, 3.8) is 0 Å². The van der Waals surface area contributed by atoms with Crippen LogP contribution in [0.5, 0.6) is 5.75 Å². The van der Waals surface area contributed by atoms with Crippen LogP contribution in [-0.2, 0) is 24.3 Å². The number of nitrogens with zero attached hydrogens (tertiary/aromatic N) is 3. The Balaban J connectivity index is 1.75. The summed E-state index contributed by atoms with van der Waals surface area (Å²) in [5.41, 5.74) is 0. The van der Waals surface area contributed by atoms with E-state index in [2.05, 4.69) is 18.9 Å². The van der Waals surface area contributed by atoms with E-state index in [0.717, 1.165) is 49.7 Å². The van der Waals surface area contributed by atoms with Gasteiger partial charge in [-0.2, -0.15) is 4.31 Å². The quantitative estimate of drug-likeness (QED) is 0.318. The summed E-state index contributed by atoms with van der Waals surface area (Å²) >= 11 is 12.3. The van der Waals surface area contributed by atoms with Gasteiger partial charge < -0.3 is 24.0 Å². The van der Waals surface area contributed by atoms with E-state index in [1.165, 1.54) is 26.3 Å². The molecule has 36 heavy (non-hydrogen) atoms. The van der Waals surface area contributed by atoms with Gasteiger partial charge >= 0.3 is 0 Å². The number of methoxy groups -OCH3 is 1. The third-order valence-corrected chi connectivity index (χ3v) is 9.38. The van der Waals surface area contributed by atoms with Gasteiger partial charge in [0.1, 0.15) is 17.3 Å². The van der Waals surface area contributed by atoms with Crippen molar-refractivity contribution >= 4 is 39.1 Å². The zero-order valence-corrected chi connectivity index (χ0v) is 24.2. The maximum Gasteiger partial charge on any atom is 0.248 e. The van der Waals surface area contributed by atoms with Crippen molar-refractivity contribution in [2.24, 2.45) is 0 Å². The van der Waals surface area contributed by atoms with E-state index in [9.17, 15) is 13.2 Å². The molecule has 0 aromatic heterocycles. The smallest absolute Gasteiger partial charge is 0.248 e. The first-order valence-corrected chi connectivity index (χ1v) is 14.3. The topological polar surface area (TPSA) is 88.6 Å². The summed E-state index contributed by atoms with van der Waals surface area (Å²) in [6, 6.07) is 2.94. The number of amides is 1. The lowest BCUT2D eigenvalue weighted by Gasteiger charge is -2.34. The molecule has 1 fully saturated rings. The highest BCUT2D eigenvalue weighted by Crippen LogP contribution is 2.35. The number of carbonyl (C=O) groups excluding carboxylic acids is 1. The highest BCUT2D eigenvalue weighted by molar-refractivity contribution is 7.89. The van der Waals surface area contributed by atoms with Crippen LogP contribution in [0.2, 0.25) is 10.0 Å². The number of ether oxygens (including phenoxy) is 3. The highest BCUT2D eigenvalue weighted by Gasteiger charge is 2.29. The molecule has 0 spiro atoms. The van der Waals surface area contributed by atoms with Crippen LogP contribution in [0.4, 0.5) is 0 Å². The van der Waals surface area contributed by atoms with Gasteiger partial charge in [0, 0.05) is 45.4 Å². The monoisotopic (exact) mass is 567 g/mol. The Hall–Kier alpha value is -1.14. The van der Waals surface area contributed by atoms with E-state index in [-0.39, 0.29) is 52.8 Å². The highest BCUT2D eigenvalue weighted by atomic mass is 35.5. The third-order valence-electron chi connectivity index (χ3n) is 6.60. The van der Waals surface area contributed by atoms with Crippen molar-refractivity contribution in [1.82, 2.24) is 14.1 Å². The number of sulfonamides is 1. The molecule has 1 aromatic carbocycles. The molecule has 2 rings (SSSR count). The zero-order valence-electron chi connectivity index (χ0n) is 21.8. The molecular weight excluding hydrogens is 529 g/mol. The van der Waals surface area contributed by atoms with Crippen molar-refractivity contribution in [2.75, 3.05) is 67.7 Å². The van der Waals surface area contributed by atoms with Crippen LogP contribution in [0.1, 0.15) is 32.6 Å². The minimum atomic E-state index is -3.95. The second-order valence-electron chi connectivity index (χ2n) is 9.00. The van der Waals surface area contributed by atoms with Gasteiger partial charge in [0.05, 0.1) is 36.5 Å². The lowest BCUT2D eigenvalue weighted by Crippen LogP contribution is -2.42. The van der Waals surface area contributed by atoms with E-state index >= 15 is 0 Å². The maximum absolute atomic E-state index is 12.9. The predicted molar refractivity (Wildman–Crippen MR) is 142 cm³/mol. The van der Waals surface area contributed by atoms with Gasteiger partial charge in [-0.1, -0.05) is 30.1 Å². The minimum Gasteiger partial charge on any atom is -0.497 e. The molecule has 1 aliphatic carbocycles. The number of hydrogen-bond donors (Lipinski definition) is 0. The van der Waals surface area contributed by atoms with Gasteiger partial charge in [-0.25, -0.2) is 8.42 Å². The van der Waals surface area contributed by atoms with Gasteiger partial charge in [-0.3, -0.25) is 4.79 Å². The lowest BCUT2D eigenvalue weighted by atomic mass is 9.92. The molecule has 0 heterocycles. The van der Waals surface area contributed by atoms with Crippen LogP contribution >= 0.6 is 23.2 Å². The molecule has 0 unspecified atom stereocenters. The number of halogens is 2. The number of hydrogen-bond acceptors (Lipinski definition) is 7. The van der Waals surface area contributed by atoms with Crippen molar-refractivity contribution in [3.8, 4) is 5.75 Å². The molecule has 1 aliphatic rings. The molecule has 12 heteroatoms. The first kappa shape index (κ1) is 31.1. The Kier molecular flexibility index (Phi) is 12.7. The van der Waals surface area contributed by atoms with Gasteiger partial charge in [-0.05, 0) is 39.3 Å². The first-order valence-electron chi connectivity index (χ1n) is 12.1. The summed E-state index contributed by atoms with van der Waals surface area (Å²) in [5.74, 6) is 0.231. The summed E-state index contributed by atoms with van der Waals surface area (Å²) in [7, 11) is 2.76. The van der Waals surface area contributed by atoms with Crippen LogP contribution < -0.4 is 4.74 Å². The SMILES string of the molecule is CCN(C)CCO[C@H]1CC[C@@H](N(C)C(=O)COCCN(C)S(=O)(=O)c2c(Cl)cc(OC)cc2Cl)CC1. The molecule has 0 N–H and O–H groups in total. The Morgan fingerprint density at radius 2 is 1.64 bits per heavy atom. The second kappa shape index (κ2) is 14.7. The molecule has 9 nitrogen and oxygen atoms in total. The molecule has 206 valence electrons. The Labute approximate surface area is 225 Å². The largest absolute Gasteiger partial charge is 0.497 e. The van der Waals surface area contributed by atoms with Gasteiger partial charge in [-0.15, -0.1) is 0 Å². The Morgan fingerprint density at radius 3 is 2.19 bits per heavy atom. The van der Waals surface area contributed by atoms with E-state index in [1.54, 1.807) is 11.9 Å². The number of carbonyl (C=O) groups is 1. The second-order valence-corrected chi connectivity index (χ2v) is 11.8. The molecule has 0 bridgehead atoms. The molecule has 0 radical (unpaired) electrons. The predicted octanol–water partition coefficient (Wildman–Crippen LogP) is 3.38. The number of benzene rings is 1. The van der Waals surface area contributed by atoms with Crippen molar-refractivity contribution in [3.05, 3.63) is 22.2 Å². The van der Waals surface area contributed by atoms with Gasteiger partial charge in [0.15, 0.2) is 0 Å². The van der Waals surface area contributed by atoms with Crippen LogP contribution in [0.15, 0.2) is 17.0 Å². The van der Waals surface area contributed by atoms with Gasteiger partial charge in [0.25, 0.3) is 0 Å². The summed E-state index contributed by atoms with van der Waals surface area (Å²) in [6.07, 6.45) is 3.88. The minimum absolute atomic E-state index is 0.0302. The Morgan fingerprint density at radius 1 is 1.03 bits per heavy atom. The molecule has 1 aromatic rings. The maximum atomic E-state index is 12.9. The van der Waals surface area contributed by atoms with E-state index in [0.29, 0.717) is 5.75 Å². The van der Waals surface area contributed by atoms with Crippen molar-refractivity contribution in [2.45, 2.75) is 49.6 Å². The third kappa shape index (κ3) is 8.72. The van der Waals surface area contributed by atoms with Crippen LogP contribution in [-0.4, -0.2) is 108 Å². The fraction of sp³-hybridized carbons (Fsp3) is 0.708. The summed E-state index contributed by atoms with van der Waals surface area (Å²) < 4.78 is 43.5. The molecule has 1 saturated carbocycles. The molecule has 0 aliphatic heterocycles. The zero-order chi connectivity index (χ0) is 26.9. The van der Waals surface area contributed by atoms with E-state index < -0.39 is 10.0 Å². The molecule has 0 saturated heterocycles.